The molecule has 1 heterocycles. The van der Waals surface area contributed by atoms with Crippen molar-refractivity contribution in [1.29, 1.82) is 0 Å². The highest BCUT2D eigenvalue weighted by Gasteiger charge is 2.09. The van der Waals surface area contributed by atoms with E-state index >= 15 is 0 Å². The summed E-state index contributed by atoms with van der Waals surface area (Å²) >= 11 is 0. The lowest BCUT2D eigenvalue weighted by atomic mass is 10.2. The normalized spacial score (nSPS) is 13.1. The first kappa shape index (κ1) is 12.2. The molecule has 5 nitrogen and oxygen atoms in total. The molecule has 1 rings (SSSR count). The fourth-order valence-corrected chi connectivity index (χ4v) is 1.37. The molecule has 0 aliphatic carbocycles. The second kappa shape index (κ2) is 5.85. The molecule has 0 bridgehead atoms. The van der Waals surface area contributed by atoms with E-state index in [4.69, 9.17) is 9.26 Å². The number of hydrogen-bond donors (Lipinski definition) is 2. The van der Waals surface area contributed by atoms with Crippen molar-refractivity contribution >= 4 is 0 Å². The van der Waals surface area contributed by atoms with E-state index in [9.17, 15) is 5.11 Å². The van der Waals surface area contributed by atoms with Crippen molar-refractivity contribution in [3.05, 3.63) is 17.0 Å². The summed E-state index contributed by atoms with van der Waals surface area (Å²) in [6, 6.07) is 0. The number of nitrogens with one attached hydrogen (secondary N) is 1. The minimum absolute atomic E-state index is 0.342. The maximum Gasteiger partial charge on any atom is 0.138 e. The summed E-state index contributed by atoms with van der Waals surface area (Å²) in [5, 5.41) is 16.4. The first-order valence-electron chi connectivity index (χ1n) is 4.94. The van der Waals surface area contributed by atoms with Crippen LogP contribution in [0.1, 0.15) is 17.0 Å². The predicted molar refractivity (Wildman–Crippen MR) is 55.6 cm³/mol. The number of hydrogen-bond acceptors (Lipinski definition) is 5. The zero-order chi connectivity index (χ0) is 11.3. The van der Waals surface area contributed by atoms with Crippen LogP contribution >= 0.6 is 0 Å². The highest BCUT2D eigenvalue weighted by molar-refractivity contribution is 5.20. The van der Waals surface area contributed by atoms with Crippen LogP contribution < -0.4 is 5.32 Å². The minimum Gasteiger partial charge on any atom is -0.389 e. The molecule has 5 heteroatoms. The van der Waals surface area contributed by atoms with Crippen molar-refractivity contribution in [3.8, 4) is 0 Å². The maximum atomic E-state index is 9.39. The molecule has 1 aromatic heterocycles. The van der Waals surface area contributed by atoms with Gasteiger partial charge in [0, 0.05) is 25.8 Å². The molecule has 2 N–H and O–H groups in total. The van der Waals surface area contributed by atoms with E-state index in [0.717, 1.165) is 17.0 Å². The van der Waals surface area contributed by atoms with Gasteiger partial charge in [-0.1, -0.05) is 5.16 Å². The van der Waals surface area contributed by atoms with Gasteiger partial charge in [0.1, 0.15) is 5.76 Å². The molecule has 15 heavy (non-hydrogen) atoms. The van der Waals surface area contributed by atoms with Gasteiger partial charge in [-0.3, -0.25) is 0 Å². The summed E-state index contributed by atoms with van der Waals surface area (Å²) in [6.45, 7) is 5.27. The van der Waals surface area contributed by atoms with Crippen LogP contribution in [-0.2, 0) is 11.3 Å². The maximum absolute atomic E-state index is 9.39. The molecule has 0 fully saturated rings. The Balaban J connectivity index is 2.31. The van der Waals surface area contributed by atoms with Crippen LogP contribution in [0.15, 0.2) is 4.52 Å². The van der Waals surface area contributed by atoms with E-state index in [-0.39, 0.29) is 0 Å². The number of nitrogens with zero attached hydrogens (tertiary/aromatic N) is 1. The standard InChI is InChI=1S/C10H18N2O3/c1-7-10(8(2)15-12-7)5-11-4-9(13)6-14-3/h9,11,13H,4-6H2,1-3H3. The smallest absolute Gasteiger partial charge is 0.138 e. The van der Waals surface area contributed by atoms with Gasteiger partial charge in [0.25, 0.3) is 0 Å². The van der Waals surface area contributed by atoms with Crippen molar-refractivity contribution in [2.45, 2.75) is 26.5 Å². The fraction of sp³-hybridized carbons (Fsp3) is 0.700. The molecule has 0 saturated heterocycles. The van der Waals surface area contributed by atoms with E-state index in [2.05, 4.69) is 10.5 Å². The highest BCUT2D eigenvalue weighted by atomic mass is 16.5. The lowest BCUT2D eigenvalue weighted by Gasteiger charge is -2.10. The number of aliphatic hydroxyl groups excluding tert-OH is 1. The van der Waals surface area contributed by atoms with E-state index in [1.807, 2.05) is 13.8 Å². The summed E-state index contributed by atoms with van der Waals surface area (Å²) in [5.74, 6) is 0.821. The van der Waals surface area contributed by atoms with Crippen molar-refractivity contribution in [2.24, 2.45) is 0 Å². The van der Waals surface area contributed by atoms with Crippen LogP contribution in [0.3, 0.4) is 0 Å². The molecule has 1 atom stereocenters. The first-order chi connectivity index (χ1) is 7.15. The van der Waals surface area contributed by atoms with Gasteiger partial charge in [-0.25, -0.2) is 0 Å². The predicted octanol–water partition coefficient (Wildman–Crippen LogP) is 0.388. The molecular formula is C10H18N2O3. The largest absolute Gasteiger partial charge is 0.389 e. The molecular weight excluding hydrogens is 196 g/mol. The number of rotatable bonds is 6. The van der Waals surface area contributed by atoms with Crippen molar-refractivity contribution in [1.82, 2.24) is 10.5 Å². The van der Waals surface area contributed by atoms with Gasteiger partial charge in [0.2, 0.25) is 0 Å². The van der Waals surface area contributed by atoms with Gasteiger partial charge in [0.15, 0.2) is 0 Å². The van der Waals surface area contributed by atoms with E-state index in [1.165, 1.54) is 0 Å². The zero-order valence-electron chi connectivity index (χ0n) is 9.41. The van der Waals surface area contributed by atoms with Gasteiger partial charge in [-0.15, -0.1) is 0 Å². The Morgan fingerprint density at radius 1 is 1.53 bits per heavy atom. The monoisotopic (exact) mass is 214 g/mol. The van der Waals surface area contributed by atoms with Crippen LogP contribution in [0.2, 0.25) is 0 Å². The average Bonchev–Trinajstić information content (AvgIpc) is 2.49. The first-order valence-corrected chi connectivity index (χ1v) is 4.94. The molecule has 86 valence electrons. The number of aromatic nitrogens is 1. The Bertz CT molecular complexity index is 279. The molecule has 1 aromatic rings. The van der Waals surface area contributed by atoms with Crippen LogP contribution in [0.25, 0.3) is 0 Å². The van der Waals surface area contributed by atoms with Crippen LogP contribution in [0.5, 0.6) is 0 Å². The number of ether oxygens (including phenoxy) is 1. The van der Waals surface area contributed by atoms with Crippen LogP contribution in [-0.4, -0.2) is 36.6 Å². The number of aryl methyl sites for hydroxylation is 2. The summed E-state index contributed by atoms with van der Waals surface area (Å²) in [4.78, 5) is 0. The van der Waals surface area contributed by atoms with Crippen molar-refractivity contribution in [3.63, 3.8) is 0 Å². The molecule has 0 amide bonds. The Morgan fingerprint density at radius 2 is 2.27 bits per heavy atom. The third-order valence-corrected chi connectivity index (χ3v) is 2.22. The van der Waals surface area contributed by atoms with Crippen molar-refractivity contribution < 1.29 is 14.4 Å². The lowest BCUT2D eigenvalue weighted by Crippen LogP contribution is -2.29. The third kappa shape index (κ3) is 3.62. The van der Waals surface area contributed by atoms with Gasteiger partial charge >= 0.3 is 0 Å². The summed E-state index contributed by atoms with van der Waals surface area (Å²) < 4.78 is 9.84. The lowest BCUT2D eigenvalue weighted by molar-refractivity contribution is 0.0644. The summed E-state index contributed by atoms with van der Waals surface area (Å²) in [5.41, 5.74) is 1.95. The van der Waals surface area contributed by atoms with E-state index in [0.29, 0.717) is 19.7 Å². The third-order valence-electron chi connectivity index (χ3n) is 2.22. The molecule has 0 aliphatic rings. The fourth-order valence-electron chi connectivity index (χ4n) is 1.37. The Kier molecular flexibility index (Phi) is 4.74. The second-order valence-corrected chi connectivity index (χ2v) is 3.54. The molecule has 1 unspecified atom stereocenters. The minimum atomic E-state index is -0.476. The van der Waals surface area contributed by atoms with Gasteiger partial charge < -0.3 is 19.7 Å². The highest BCUT2D eigenvalue weighted by Crippen LogP contribution is 2.11. The van der Waals surface area contributed by atoms with Gasteiger partial charge in [-0.2, -0.15) is 0 Å². The molecule has 0 aromatic carbocycles. The quantitative estimate of drug-likeness (QED) is 0.717. The average molecular weight is 214 g/mol. The molecule has 0 spiro atoms. The topological polar surface area (TPSA) is 67.5 Å². The Morgan fingerprint density at radius 3 is 2.80 bits per heavy atom. The molecule has 0 aliphatic heterocycles. The summed E-state index contributed by atoms with van der Waals surface area (Å²) in [6.07, 6.45) is -0.476. The SMILES string of the molecule is COCC(O)CNCc1c(C)noc1C. The number of methoxy groups -OCH3 is 1. The zero-order valence-corrected chi connectivity index (χ0v) is 9.41. The van der Waals surface area contributed by atoms with Gasteiger partial charge in [0.05, 0.1) is 18.4 Å². The summed E-state index contributed by atoms with van der Waals surface area (Å²) in [7, 11) is 1.57. The van der Waals surface area contributed by atoms with Crippen molar-refractivity contribution in [2.75, 3.05) is 20.3 Å². The van der Waals surface area contributed by atoms with E-state index < -0.39 is 6.10 Å². The molecule has 0 saturated carbocycles. The van der Waals surface area contributed by atoms with Crippen LogP contribution in [0, 0.1) is 13.8 Å². The van der Waals surface area contributed by atoms with Gasteiger partial charge in [-0.05, 0) is 13.8 Å². The number of aliphatic hydroxyl groups is 1. The Labute approximate surface area is 89.4 Å². The van der Waals surface area contributed by atoms with Crippen LogP contribution in [0.4, 0.5) is 0 Å². The molecule has 0 radical (unpaired) electrons. The second-order valence-electron chi connectivity index (χ2n) is 3.54. The Hall–Kier alpha value is -0.910. The van der Waals surface area contributed by atoms with E-state index in [1.54, 1.807) is 7.11 Å².